The van der Waals surface area contributed by atoms with Gasteiger partial charge in [-0.25, -0.2) is 4.68 Å². The summed E-state index contributed by atoms with van der Waals surface area (Å²) in [6, 6.07) is 9.85. The van der Waals surface area contributed by atoms with E-state index >= 15 is 0 Å². The van der Waals surface area contributed by atoms with Crippen LogP contribution in [0, 0.1) is 5.92 Å². The minimum absolute atomic E-state index is 0.0960. The second kappa shape index (κ2) is 5.49. The molecule has 1 saturated heterocycles. The third kappa shape index (κ3) is 2.59. The molecule has 1 aliphatic rings. The van der Waals surface area contributed by atoms with Crippen LogP contribution in [0.1, 0.15) is 30.1 Å². The zero-order chi connectivity index (χ0) is 13.9. The van der Waals surface area contributed by atoms with Crippen molar-refractivity contribution in [2.45, 2.75) is 19.8 Å². The molecule has 1 aliphatic heterocycles. The number of nitrogens with zero attached hydrogens (tertiary/aromatic N) is 3. The fourth-order valence-electron chi connectivity index (χ4n) is 2.71. The molecule has 0 spiro atoms. The van der Waals surface area contributed by atoms with Crippen LogP contribution >= 0.6 is 0 Å². The van der Waals surface area contributed by atoms with E-state index in [1.165, 1.54) is 6.42 Å². The van der Waals surface area contributed by atoms with E-state index in [-0.39, 0.29) is 5.91 Å². The van der Waals surface area contributed by atoms with Gasteiger partial charge in [-0.2, -0.15) is 5.10 Å². The maximum absolute atomic E-state index is 12.5. The topological polar surface area (TPSA) is 38.1 Å². The number of rotatable bonds is 2. The second-order valence-electron chi connectivity index (χ2n) is 5.51. The average molecular weight is 269 g/mol. The highest BCUT2D eigenvalue weighted by atomic mass is 16.2. The van der Waals surface area contributed by atoms with Crippen LogP contribution < -0.4 is 0 Å². The minimum Gasteiger partial charge on any atom is -0.338 e. The maximum atomic E-state index is 12.5. The van der Waals surface area contributed by atoms with Crippen molar-refractivity contribution in [2.75, 3.05) is 13.1 Å². The van der Waals surface area contributed by atoms with Gasteiger partial charge >= 0.3 is 0 Å². The number of hydrogen-bond acceptors (Lipinski definition) is 2. The molecule has 20 heavy (non-hydrogen) atoms. The summed E-state index contributed by atoms with van der Waals surface area (Å²) in [5.74, 6) is 0.690. The molecule has 1 fully saturated rings. The molecule has 1 aromatic carbocycles. The molecule has 0 N–H and O–H groups in total. The largest absolute Gasteiger partial charge is 0.338 e. The van der Waals surface area contributed by atoms with Crippen molar-refractivity contribution in [1.29, 1.82) is 0 Å². The number of likely N-dealkylation sites (tertiary alicyclic amines) is 1. The van der Waals surface area contributed by atoms with Gasteiger partial charge in [0.15, 0.2) is 0 Å². The van der Waals surface area contributed by atoms with Gasteiger partial charge in [-0.05, 0) is 30.9 Å². The first-order valence-corrected chi connectivity index (χ1v) is 7.13. The Morgan fingerprint density at radius 3 is 2.85 bits per heavy atom. The zero-order valence-corrected chi connectivity index (χ0v) is 11.7. The highest BCUT2D eigenvalue weighted by Crippen LogP contribution is 2.18. The first-order chi connectivity index (χ1) is 9.74. The van der Waals surface area contributed by atoms with Crippen LogP contribution in [0.2, 0.25) is 0 Å². The molecule has 104 valence electrons. The normalized spacial score (nSPS) is 19.1. The number of carbonyl (C=O) groups excluding carboxylic acids is 1. The smallest absolute Gasteiger partial charge is 0.257 e. The van der Waals surface area contributed by atoms with Crippen LogP contribution in [0.25, 0.3) is 5.69 Å². The Balaban J connectivity index is 1.78. The third-order valence-electron chi connectivity index (χ3n) is 3.79. The summed E-state index contributed by atoms with van der Waals surface area (Å²) in [5, 5.41) is 4.29. The molecule has 1 aromatic heterocycles. The number of aromatic nitrogens is 2. The Morgan fingerprint density at radius 1 is 1.30 bits per heavy atom. The van der Waals surface area contributed by atoms with Gasteiger partial charge in [0.25, 0.3) is 5.91 Å². The van der Waals surface area contributed by atoms with Crippen molar-refractivity contribution in [3.05, 3.63) is 48.3 Å². The molecule has 2 aromatic rings. The van der Waals surface area contributed by atoms with E-state index in [1.54, 1.807) is 10.9 Å². The third-order valence-corrected chi connectivity index (χ3v) is 3.79. The van der Waals surface area contributed by atoms with Gasteiger partial charge in [-0.15, -0.1) is 0 Å². The molecule has 1 amide bonds. The maximum Gasteiger partial charge on any atom is 0.257 e. The van der Waals surface area contributed by atoms with E-state index in [0.29, 0.717) is 11.5 Å². The lowest BCUT2D eigenvalue weighted by molar-refractivity contribution is 0.0683. The van der Waals surface area contributed by atoms with E-state index in [0.717, 1.165) is 25.2 Å². The molecule has 4 heteroatoms. The molecular formula is C16H19N3O. The Bertz CT molecular complexity index is 591. The average Bonchev–Trinajstić information content (AvgIpc) is 2.97. The van der Waals surface area contributed by atoms with Gasteiger partial charge in [0, 0.05) is 19.3 Å². The molecule has 0 bridgehead atoms. The van der Waals surface area contributed by atoms with Gasteiger partial charge < -0.3 is 4.90 Å². The SMILES string of the molecule is C[C@H]1CCCN(C(=O)c2cnn(-c3ccccc3)c2)C1. The summed E-state index contributed by atoms with van der Waals surface area (Å²) >= 11 is 0. The van der Waals surface area contributed by atoms with Crippen LogP contribution in [0.5, 0.6) is 0 Å². The summed E-state index contributed by atoms with van der Waals surface area (Å²) in [6.07, 6.45) is 5.79. The number of para-hydroxylation sites is 1. The first-order valence-electron chi connectivity index (χ1n) is 7.13. The summed E-state index contributed by atoms with van der Waals surface area (Å²) in [6.45, 7) is 3.92. The molecule has 0 aliphatic carbocycles. The van der Waals surface area contributed by atoms with Crippen molar-refractivity contribution in [1.82, 2.24) is 14.7 Å². The highest BCUT2D eigenvalue weighted by Gasteiger charge is 2.22. The van der Waals surface area contributed by atoms with Crippen LogP contribution in [-0.2, 0) is 0 Å². The van der Waals surface area contributed by atoms with E-state index < -0.39 is 0 Å². The van der Waals surface area contributed by atoms with Crippen molar-refractivity contribution in [3.8, 4) is 5.69 Å². The van der Waals surface area contributed by atoms with E-state index in [9.17, 15) is 4.79 Å². The summed E-state index contributed by atoms with van der Waals surface area (Å²) in [7, 11) is 0. The minimum atomic E-state index is 0.0960. The number of carbonyl (C=O) groups is 1. The van der Waals surface area contributed by atoms with Gasteiger partial charge in [0.1, 0.15) is 0 Å². The predicted octanol–water partition coefficient (Wildman–Crippen LogP) is 2.74. The standard InChI is InChI=1S/C16H19N3O/c1-13-6-5-9-18(11-13)16(20)14-10-17-19(12-14)15-7-3-2-4-8-15/h2-4,7-8,10,12-13H,5-6,9,11H2,1H3/t13-/m0/s1. The summed E-state index contributed by atoms with van der Waals surface area (Å²) in [4.78, 5) is 14.4. The Labute approximate surface area is 119 Å². The highest BCUT2D eigenvalue weighted by molar-refractivity contribution is 5.93. The zero-order valence-electron chi connectivity index (χ0n) is 11.7. The monoisotopic (exact) mass is 269 g/mol. The number of hydrogen-bond donors (Lipinski definition) is 0. The van der Waals surface area contributed by atoms with E-state index in [1.807, 2.05) is 41.4 Å². The van der Waals surface area contributed by atoms with Crippen molar-refractivity contribution in [3.63, 3.8) is 0 Å². The van der Waals surface area contributed by atoms with E-state index in [4.69, 9.17) is 0 Å². The molecule has 0 radical (unpaired) electrons. The number of amides is 1. The van der Waals surface area contributed by atoms with Gasteiger partial charge in [0.05, 0.1) is 17.4 Å². The van der Waals surface area contributed by atoms with Crippen molar-refractivity contribution >= 4 is 5.91 Å². The predicted molar refractivity (Wildman–Crippen MR) is 77.9 cm³/mol. The lowest BCUT2D eigenvalue weighted by Gasteiger charge is -2.30. The molecule has 1 atom stereocenters. The van der Waals surface area contributed by atoms with Gasteiger partial charge in [0.2, 0.25) is 0 Å². The summed E-state index contributed by atoms with van der Waals surface area (Å²) < 4.78 is 1.75. The summed E-state index contributed by atoms with van der Waals surface area (Å²) in [5.41, 5.74) is 1.64. The first kappa shape index (κ1) is 12.9. The van der Waals surface area contributed by atoms with Crippen LogP contribution in [0.3, 0.4) is 0 Å². The lowest BCUT2D eigenvalue weighted by atomic mass is 10.00. The van der Waals surface area contributed by atoms with Crippen LogP contribution in [-0.4, -0.2) is 33.7 Å². The van der Waals surface area contributed by atoms with Crippen LogP contribution in [0.4, 0.5) is 0 Å². The number of benzene rings is 1. The molecule has 2 heterocycles. The Kier molecular flexibility index (Phi) is 3.54. The molecule has 0 unspecified atom stereocenters. The molecular weight excluding hydrogens is 250 g/mol. The fourth-order valence-corrected chi connectivity index (χ4v) is 2.71. The lowest BCUT2D eigenvalue weighted by Crippen LogP contribution is -2.38. The number of piperidine rings is 1. The second-order valence-corrected chi connectivity index (χ2v) is 5.51. The van der Waals surface area contributed by atoms with Gasteiger partial charge in [-0.3, -0.25) is 4.79 Å². The quantitative estimate of drug-likeness (QED) is 0.840. The van der Waals surface area contributed by atoms with Crippen LogP contribution in [0.15, 0.2) is 42.7 Å². The van der Waals surface area contributed by atoms with Gasteiger partial charge in [-0.1, -0.05) is 25.1 Å². The fraction of sp³-hybridized carbons (Fsp3) is 0.375. The van der Waals surface area contributed by atoms with Crippen molar-refractivity contribution in [2.24, 2.45) is 5.92 Å². The Hall–Kier alpha value is -2.10. The Morgan fingerprint density at radius 2 is 2.10 bits per heavy atom. The molecule has 0 saturated carbocycles. The van der Waals surface area contributed by atoms with E-state index in [2.05, 4.69) is 12.0 Å². The van der Waals surface area contributed by atoms with Crippen molar-refractivity contribution < 1.29 is 4.79 Å². The molecule has 3 rings (SSSR count). The molecule has 4 nitrogen and oxygen atoms in total.